The van der Waals surface area contributed by atoms with E-state index in [1.54, 1.807) is 24.0 Å². The van der Waals surface area contributed by atoms with Gasteiger partial charge in [-0.15, -0.1) is 5.10 Å². The zero-order chi connectivity index (χ0) is 24.1. The van der Waals surface area contributed by atoms with Crippen molar-refractivity contribution in [3.05, 3.63) is 30.1 Å². The van der Waals surface area contributed by atoms with Crippen molar-refractivity contribution in [1.82, 2.24) is 29.9 Å². The van der Waals surface area contributed by atoms with E-state index in [1.165, 1.54) is 0 Å². The van der Waals surface area contributed by atoms with Crippen molar-refractivity contribution in [2.45, 2.75) is 52.1 Å². The molecule has 1 aliphatic rings. The lowest BCUT2D eigenvalue weighted by Crippen LogP contribution is -2.29. The second-order valence-corrected chi connectivity index (χ2v) is 8.32. The maximum atomic E-state index is 11.3. The second-order valence-electron chi connectivity index (χ2n) is 8.32. The van der Waals surface area contributed by atoms with Crippen molar-refractivity contribution < 1.29 is 19.4 Å². The van der Waals surface area contributed by atoms with E-state index in [4.69, 9.17) is 9.47 Å². The van der Waals surface area contributed by atoms with Gasteiger partial charge in [-0.3, -0.25) is 4.79 Å². The number of carboxylic acids is 1. The number of pyridine rings is 1. The Kier molecular flexibility index (Phi) is 7.19. The Morgan fingerprint density at radius 1 is 1.26 bits per heavy atom. The molecule has 2 N–H and O–H groups in total. The highest BCUT2D eigenvalue weighted by atomic mass is 16.5. The van der Waals surface area contributed by atoms with E-state index in [1.807, 2.05) is 26.0 Å². The highest BCUT2D eigenvalue weighted by Gasteiger charge is 2.28. The molecule has 0 saturated heterocycles. The van der Waals surface area contributed by atoms with Gasteiger partial charge in [0.25, 0.3) is 0 Å². The Hall–Kier alpha value is -3.76. The second kappa shape index (κ2) is 10.4. The summed E-state index contributed by atoms with van der Waals surface area (Å²) in [4.78, 5) is 24.7. The summed E-state index contributed by atoms with van der Waals surface area (Å²) in [5, 5.41) is 20.9. The average Bonchev–Trinajstić information content (AvgIpc) is 3.19. The van der Waals surface area contributed by atoms with Gasteiger partial charge in [-0.2, -0.15) is 4.98 Å². The topological polar surface area (TPSA) is 137 Å². The van der Waals surface area contributed by atoms with Crippen LogP contribution < -0.4 is 14.8 Å². The number of aryl methyl sites for hydroxylation is 2. The Labute approximate surface area is 197 Å². The van der Waals surface area contributed by atoms with Crippen LogP contribution in [0.4, 0.5) is 11.8 Å². The van der Waals surface area contributed by atoms with Crippen molar-refractivity contribution in [3.63, 3.8) is 0 Å². The molecule has 0 aliphatic heterocycles. The molecule has 11 heteroatoms. The zero-order valence-corrected chi connectivity index (χ0v) is 19.6. The molecule has 1 fully saturated rings. The number of hydrogen-bond donors (Lipinski definition) is 2. The number of rotatable bonds is 9. The third-order valence-corrected chi connectivity index (χ3v) is 5.69. The smallest absolute Gasteiger partial charge is 0.306 e. The van der Waals surface area contributed by atoms with E-state index in [-0.39, 0.29) is 12.0 Å². The Morgan fingerprint density at radius 3 is 2.88 bits per heavy atom. The summed E-state index contributed by atoms with van der Waals surface area (Å²) >= 11 is 0. The number of nitrogens with zero attached hydrogens (tertiary/aromatic N) is 6. The van der Waals surface area contributed by atoms with Crippen molar-refractivity contribution in [2.24, 2.45) is 13.0 Å². The predicted octanol–water partition coefficient (Wildman–Crippen LogP) is 3.53. The minimum Gasteiger partial charge on any atom is -0.489 e. The van der Waals surface area contributed by atoms with E-state index in [0.717, 1.165) is 19.3 Å². The molecule has 34 heavy (non-hydrogen) atoms. The summed E-state index contributed by atoms with van der Waals surface area (Å²) in [5.41, 5.74) is 1.85. The SMILES string of the molecule is CCCOc1ccnc(Nc2c(-c3ccc(O[C@H]4CCC[C@H](C(=O)O)C4)c(C)n3)nnn2C)n1. The number of ether oxygens (including phenoxy) is 2. The van der Waals surface area contributed by atoms with Crippen LogP contribution in [0, 0.1) is 12.8 Å². The van der Waals surface area contributed by atoms with Crippen LogP contribution in [0.1, 0.15) is 44.7 Å². The Bertz CT molecular complexity index is 1150. The Balaban J connectivity index is 1.51. The summed E-state index contributed by atoms with van der Waals surface area (Å²) < 4.78 is 13.3. The highest BCUT2D eigenvalue weighted by molar-refractivity contribution is 5.72. The molecule has 3 aromatic rings. The monoisotopic (exact) mass is 467 g/mol. The van der Waals surface area contributed by atoms with Crippen molar-refractivity contribution in [1.29, 1.82) is 0 Å². The molecule has 0 unspecified atom stereocenters. The number of aromatic nitrogens is 6. The highest BCUT2D eigenvalue weighted by Crippen LogP contribution is 2.31. The molecule has 0 radical (unpaired) electrons. The van der Waals surface area contributed by atoms with Gasteiger partial charge in [0.2, 0.25) is 11.8 Å². The number of hydrogen-bond acceptors (Lipinski definition) is 9. The van der Waals surface area contributed by atoms with Crippen LogP contribution in [0.5, 0.6) is 11.6 Å². The minimum absolute atomic E-state index is 0.130. The first kappa shape index (κ1) is 23.4. The van der Waals surface area contributed by atoms with Gasteiger partial charge in [0.1, 0.15) is 5.75 Å². The van der Waals surface area contributed by atoms with Gasteiger partial charge in [0, 0.05) is 19.3 Å². The first-order valence-corrected chi connectivity index (χ1v) is 11.4. The molecule has 0 amide bonds. The molecule has 3 heterocycles. The third-order valence-electron chi connectivity index (χ3n) is 5.69. The van der Waals surface area contributed by atoms with Crippen LogP contribution in [0.3, 0.4) is 0 Å². The van der Waals surface area contributed by atoms with Gasteiger partial charge in [-0.1, -0.05) is 12.1 Å². The molecular weight excluding hydrogens is 438 g/mol. The fraction of sp³-hybridized carbons (Fsp3) is 0.478. The van der Waals surface area contributed by atoms with Crippen LogP contribution in [-0.2, 0) is 11.8 Å². The maximum Gasteiger partial charge on any atom is 0.306 e. The standard InChI is InChI=1S/C23H29N7O4/c1-4-12-33-19-10-11-24-23(26-19)27-21-20(28-29-30(21)3)17-8-9-18(14(2)25-17)34-16-7-5-6-15(13-16)22(31)32/h8-11,15-16H,4-7,12-13H2,1-3H3,(H,31,32)(H,24,26,27)/t15-,16-/m0/s1. The van der Waals surface area contributed by atoms with Gasteiger partial charge in [0.05, 0.1) is 30.0 Å². The summed E-state index contributed by atoms with van der Waals surface area (Å²) in [7, 11) is 1.77. The van der Waals surface area contributed by atoms with Crippen LogP contribution >= 0.6 is 0 Å². The molecule has 1 saturated carbocycles. The number of carbonyl (C=O) groups is 1. The van der Waals surface area contributed by atoms with E-state index in [0.29, 0.717) is 59.9 Å². The number of anilines is 2. The van der Waals surface area contributed by atoms with E-state index in [2.05, 4.69) is 30.6 Å². The van der Waals surface area contributed by atoms with Crippen LogP contribution in [0.25, 0.3) is 11.4 Å². The van der Waals surface area contributed by atoms with Crippen LogP contribution in [0.2, 0.25) is 0 Å². The molecule has 0 spiro atoms. The van der Waals surface area contributed by atoms with E-state index < -0.39 is 5.97 Å². The molecule has 180 valence electrons. The Morgan fingerprint density at radius 2 is 2.12 bits per heavy atom. The lowest BCUT2D eigenvalue weighted by Gasteiger charge is -2.27. The molecule has 2 atom stereocenters. The van der Waals surface area contributed by atoms with Crippen molar-refractivity contribution >= 4 is 17.7 Å². The van der Waals surface area contributed by atoms with Gasteiger partial charge >= 0.3 is 5.97 Å². The quantitative estimate of drug-likeness (QED) is 0.481. The first-order valence-electron chi connectivity index (χ1n) is 11.4. The predicted molar refractivity (Wildman–Crippen MR) is 124 cm³/mol. The zero-order valence-electron chi connectivity index (χ0n) is 19.6. The summed E-state index contributed by atoms with van der Waals surface area (Å²) in [6.45, 7) is 4.46. The van der Waals surface area contributed by atoms with E-state index in [9.17, 15) is 9.90 Å². The average molecular weight is 468 g/mol. The third kappa shape index (κ3) is 5.41. The first-order chi connectivity index (χ1) is 16.4. The molecule has 0 bridgehead atoms. The molecule has 1 aliphatic carbocycles. The van der Waals surface area contributed by atoms with Gasteiger partial charge in [-0.05, 0) is 51.2 Å². The molecule has 0 aromatic carbocycles. The molecule has 11 nitrogen and oxygen atoms in total. The van der Waals surface area contributed by atoms with Crippen molar-refractivity contribution in [2.75, 3.05) is 11.9 Å². The summed E-state index contributed by atoms with van der Waals surface area (Å²) in [6.07, 6.45) is 5.26. The minimum atomic E-state index is -0.757. The van der Waals surface area contributed by atoms with E-state index >= 15 is 0 Å². The van der Waals surface area contributed by atoms with Crippen LogP contribution in [0.15, 0.2) is 24.4 Å². The maximum absolute atomic E-state index is 11.3. The number of nitrogens with one attached hydrogen (secondary N) is 1. The molecular formula is C23H29N7O4. The van der Waals surface area contributed by atoms with Crippen LogP contribution in [-0.4, -0.2) is 53.7 Å². The van der Waals surface area contributed by atoms with Crippen molar-refractivity contribution in [3.8, 4) is 23.0 Å². The number of carboxylic acid groups (broad SMARTS) is 1. The summed E-state index contributed by atoms with van der Waals surface area (Å²) in [5.74, 6) is 0.967. The summed E-state index contributed by atoms with van der Waals surface area (Å²) in [6, 6.07) is 5.37. The lowest BCUT2D eigenvalue weighted by atomic mass is 9.87. The van der Waals surface area contributed by atoms with Gasteiger partial charge < -0.3 is 19.9 Å². The van der Waals surface area contributed by atoms with Gasteiger partial charge in [-0.25, -0.2) is 14.6 Å². The molecule has 4 rings (SSSR count). The molecule has 3 aromatic heterocycles. The van der Waals surface area contributed by atoms with Gasteiger partial charge in [0.15, 0.2) is 11.5 Å². The fourth-order valence-corrected chi connectivity index (χ4v) is 3.93. The largest absolute Gasteiger partial charge is 0.489 e. The lowest BCUT2D eigenvalue weighted by molar-refractivity contribution is -0.143. The number of aliphatic carboxylic acids is 1. The fourth-order valence-electron chi connectivity index (χ4n) is 3.93. The normalized spacial score (nSPS) is 17.9.